The van der Waals surface area contributed by atoms with E-state index in [0.29, 0.717) is 17.8 Å². The fraction of sp³-hybridized carbons (Fsp3) is 0.308. The summed E-state index contributed by atoms with van der Waals surface area (Å²) in [5.41, 5.74) is 9.89. The molecule has 4 nitrogen and oxygen atoms in total. The van der Waals surface area contributed by atoms with Crippen LogP contribution in [0.3, 0.4) is 0 Å². The van der Waals surface area contributed by atoms with E-state index in [1.165, 1.54) is 16.7 Å². The number of nitrogen functional groups attached to an aromatic ring is 1. The lowest BCUT2D eigenvalue weighted by Gasteiger charge is -2.14. The summed E-state index contributed by atoms with van der Waals surface area (Å²) in [5.74, 6) is 0.434. The number of H-pyrrole nitrogens is 1. The zero-order chi connectivity index (χ0) is 12.4. The molecule has 1 unspecified atom stereocenters. The fourth-order valence-corrected chi connectivity index (χ4v) is 2.05. The molecule has 90 valence electrons. The molecule has 4 N–H and O–H groups in total. The molecular weight excluding hydrogens is 214 g/mol. The summed E-state index contributed by atoms with van der Waals surface area (Å²) in [6.07, 6.45) is 1.52. The Morgan fingerprint density at radius 3 is 2.53 bits per heavy atom. The number of hydrogen-bond donors (Lipinski definition) is 3. The number of aromatic nitrogens is 2. The largest absolute Gasteiger partial charge is 0.388 e. The van der Waals surface area contributed by atoms with Gasteiger partial charge in [0.15, 0.2) is 0 Å². The van der Waals surface area contributed by atoms with E-state index in [1.54, 1.807) is 6.20 Å². The highest BCUT2D eigenvalue weighted by Gasteiger charge is 2.15. The number of nitrogens with two attached hydrogens (primary N) is 1. The molecule has 0 bridgehead atoms. The monoisotopic (exact) mass is 231 g/mol. The topological polar surface area (TPSA) is 74.9 Å². The lowest BCUT2D eigenvalue weighted by molar-refractivity contribution is 0.179. The molecule has 0 radical (unpaired) electrons. The number of benzene rings is 1. The zero-order valence-electron chi connectivity index (χ0n) is 10.1. The molecule has 2 aromatic rings. The number of aliphatic hydroxyl groups excluding tert-OH is 1. The Morgan fingerprint density at radius 2 is 2.00 bits per heavy atom. The number of nitrogens with one attached hydrogen (secondary N) is 1. The van der Waals surface area contributed by atoms with Crippen LogP contribution in [-0.4, -0.2) is 15.3 Å². The minimum Gasteiger partial charge on any atom is -0.388 e. The highest BCUT2D eigenvalue weighted by molar-refractivity contribution is 5.41. The molecule has 0 aliphatic carbocycles. The number of anilines is 1. The Bertz CT molecular complexity index is 499. The Hall–Kier alpha value is -1.81. The third-order valence-electron chi connectivity index (χ3n) is 3.10. The SMILES string of the molecule is Cc1cccc(C)c1CC(O)c1cn[nH]c1N. The van der Waals surface area contributed by atoms with E-state index in [2.05, 4.69) is 10.2 Å². The van der Waals surface area contributed by atoms with Crippen molar-refractivity contribution in [3.63, 3.8) is 0 Å². The van der Waals surface area contributed by atoms with Crippen LogP contribution in [0.5, 0.6) is 0 Å². The van der Waals surface area contributed by atoms with Gasteiger partial charge < -0.3 is 10.8 Å². The van der Waals surface area contributed by atoms with Crippen molar-refractivity contribution in [2.75, 3.05) is 5.73 Å². The highest BCUT2D eigenvalue weighted by atomic mass is 16.3. The Morgan fingerprint density at radius 1 is 1.35 bits per heavy atom. The van der Waals surface area contributed by atoms with Gasteiger partial charge in [-0.05, 0) is 30.5 Å². The van der Waals surface area contributed by atoms with Crippen LogP contribution in [0, 0.1) is 13.8 Å². The maximum Gasteiger partial charge on any atom is 0.124 e. The summed E-state index contributed by atoms with van der Waals surface area (Å²) >= 11 is 0. The summed E-state index contributed by atoms with van der Waals surface area (Å²) in [6, 6.07) is 6.12. The molecule has 0 fully saturated rings. The Kier molecular flexibility index (Phi) is 3.15. The zero-order valence-corrected chi connectivity index (χ0v) is 10.1. The van der Waals surface area contributed by atoms with Gasteiger partial charge in [0.25, 0.3) is 0 Å². The minimum atomic E-state index is -0.617. The van der Waals surface area contributed by atoms with Crippen LogP contribution in [0.1, 0.15) is 28.4 Å². The minimum absolute atomic E-state index is 0.434. The van der Waals surface area contributed by atoms with E-state index in [1.807, 2.05) is 32.0 Å². The van der Waals surface area contributed by atoms with E-state index in [9.17, 15) is 5.11 Å². The van der Waals surface area contributed by atoms with Crippen LogP contribution in [0.2, 0.25) is 0 Å². The average molecular weight is 231 g/mol. The van der Waals surface area contributed by atoms with Gasteiger partial charge in [0.2, 0.25) is 0 Å². The first-order chi connectivity index (χ1) is 8.09. The van der Waals surface area contributed by atoms with E-state index in [4.69, 9.17) is 5.73 Å². The van der Waals surface area contributed by atoms with Crippen molar-refractivity contribution in [3.8, 4) is 0 Å². The number of hydrogen-bond acceptors (Lipinski definition) is 3. The summed E-state index contributed by atoms with van der Waals surface area (Å²) < 4.78 is 0. The molecule has 17 heavy (non-hydrogen) atoms. The van der Waals surface area contributed by atoms with Crippen molar-refractivity contribution < 1.29 is 5.11 Å². The molecule has 4 heteroatoms. The van der Waals surface area contributed by atoms with E-state index >= 15 is 0 Å². The van der Waals surface area contributed by atoms with Gasteiger partial charge in [0.1, 0.15) is 5.82 Å². The van der Waals surface area contributed by atoms with Gasteiger partial charge in [-0.15, -0.1) is 0 Å². The second kappa shape index (κ2) is 4.59. The first-order valence-electron chi connectivity index (χ1n) is 5.61. The maximum absolute atomic E-state index is 10.2. The van der Waals surface area contributed by atoms with Crippen molar-refractivity contribution in [1.29, 1.82) is 0 Å². The quantitative estimate of drug-likeness (QED) is 0.755. The van der Waals surface area contributed by atoms with Gasteiger partial charge in [0, 0.05) is 12.0 Å². The average Bonchev–Trinajstić information content (AvgIpc) is 2.70. The second-order valence-electron chi connectivity index (χ2n) is 4.33. The molecule has 2 rings (SSSR count). The standard InChI is InChI=1S/C13H17N3O/c1-8-4-3-5-9(2)10(8)6-12(17)11-7-15-16-13(11)14/h3-5,7,12,17H,6H2,1-2H3,(H3,14,15,16). The van der Waals surface area contributed by atoms with Crippen LogP contribution in [-0.2, 0) is 6.42 Å². The molecule has 0 amide bonds. The van der Waals surface area contributed by atoms with Gasteiger partial charge in [-0.3, -0.25) is 5.10 Å². The van der Waals surface area contributed by atoms with Crippen molar-refractivity contribution >= 4 is 5.82 Å². The van der Waals surface area contributed by atoms with Crippen LogP contribution < -0.4 is 5.73 Å². The lowest BCUT2D eigenvalue weighted by atomic mass is 9.95. The van der Waals surface area contributed by atoms with Gasteiger partial charge in [-0.25, -0.2) is 0 Å². The van der Waals surface area contributed by atoms with E-state index in [-0.39, 0.29) is 0 Å². The normalized spacial score (nSPS) is 12.6. The fourth-order valence-electron chi connectivity index (χ4n) is 2.05. The summed E-state index contributed by atoms with van der Waals surface area (Å²) in [7, 11) is 0. The summed E-state index contributed by atoms with van der Waals surface area (Å²) in [5, 5.41) is 16.6. The second-order valence-corrected chi connectivity index (χ2v) is 4.33. The van der Waals surface area contributed by atoms with E-state index < -0.39 is 6.10 Å². The van der Waals surface area contributed by atoms with Gasteiger partial charge >= 0.3 is 0 Å². The maximum atomic E-state index is 10.2. The van der Waals surface area contributed by atoms with Crippen LogP contribution in [0.15, 0.2) is 24.4 Å². The summed E-state index contributed by atoms with van der Waals surface area (Å²) in [6.45, 7) is 4.10. The molecule has 0 spiro atoms. The molecule has 1 atom stereocenters. The van der Waals surface area contributed by atoms with Crippen molar-refractivity contribution in [3.05, 3.63) is 46.6 Å². The lowest BCUT2D eigenvalue weighted by Crippen LogP contribution is -2.06. The highest BCUT2D eigenvalue weighted by Crippen LogP contribution is 2.24. The van der Waals surface area contributed by atoms with Gasteiger partial charge in [-0.2, -0.15) is 5.10 Å². The number of aromatic amines is 1. The number of nitrogens with zero attached hydrogens (tertiary/aromatic N) is 1. The predicted molar refractivity (Wildman–Crippen MR) is 67.6 cm³/mol. The Labute approximate surface area is 100 Å². The number of aryl methyl sites for hydroxylation is 2. The first-order valence-corrected chi connectivity index (χ1v) is 5.61. The predicted octanol–water partition coefficient (Wildman–Crippen LogP) is 1.88. The van der Waals surface area contributed by atoms with Crippen molar-refractivity contribution in [1.82, 2.24) is 10.2 Å². The van der Waals surface area contributed by atoms with Crippen molar-refractivity contribution in [2.24, 2.45) is 0 Å². The summed E-state index contributed by atoms with van der Waals surface area (Å²) in [4.78, 5) is 0. The number of rotatable bonds is 3. The number of aliphatic hydroxyl groups is 1. The van der Waals surface area contributed by atoms with Crippen LogP contribution >= 0.6 is 0 Å². The first kappa shape index (κ1) is 11.7. The van der Waals surface area contributed by atoms with Crippen LogP contribution in [0.4, 0.5) is 5.82 Å². The molecule has 1 aromatic carbocycles. The van der Waals surface area contributed by atoms with E-state index in [0.717, 1.165) is 0 Å². The van der Waals surface area contributed by atoms with Crippen molar-refractivity contribution in [2.45, 2.75) is 26.4 Å². The smallest absolute Gasteiger partial charge is 0.124 e. The molecule has 0 saturated heterocycles. The molecular formula is C13H17N3O. The molecule has 1 heterocycles. The molecule has 0 aliphatic rings. The molecule has 0 saturated carbocycles. The van der Waals surface area contributed by atoms with Gasteiger partial charge in [-0.1, -0.05) is 18.2 Å². The third kappa shape index (κ3) is 2.31. The van der Waals surface area contributed by atoms with Crippen LogP contribution in [0.25, 0.3) is 0 Å². The third-order valence-corrected chi connectivity index (χ3v) is 3.10. The Balaban J connectivity index is 2.25. The van der Waals surface area contributed by atoms with Gasteiger partial charge in [0.05, 0.1) is 12.3 Å². The molecule has 0 aliphatic heterocycles. The molecule has 1 aromatic heterocycles.